The third-order valence-corrected chi connectivity index (χ3v) is 4.36. The molecule has 0 radical (unpaired) electrons. The molecule has 6 heteroatoms. The monoisotopic (exact) mass is 254 g/mol. The summed E-state index contributed by atoms with van der Waals surface area (Å²) < 4.78 is 4.16. The van der Waals surface area contributed by atoms with Gasteiger partial charge in [0.2, 0.25) is 5.91 Å². The minimum atomic E-state index is 0.154. The third kappa shape index (κ3) is 2.36. The molecule has 1 amide bonds. The minimum absolute atomic E-state index is 0.154. The lowest BCUT2D eigenvalue weighted by Gasteiger charge is -2.31. The van der Waals surface area contributed by atoms with Crippen LogP contribution in [0.2, 0.25) is 0 Å². The molecule has 0 unspecified atom stereocenters. The molecule has 0 bridgehead atoms. The summed E-state index contributed by atoms with van der Waals surface area (Å²) in [5.41, 5.74) is 6.82. The Morgan fingerprint density at radius 3 is 2.65 bits per heavy atom. The average Bonchev–Trinajstić information content (AvgIpc) is 2.69. The number of amides is 1. The van der Waals surface area contributed by atoms with Crippen LogP contribution in [0, 0.1) is 12.8 Å². The van der Waals surface area contributed by atoms with Gasteiger partial charge in [0.1, 0.15) is 10.8 Å². The average molecular weight is 254 g/mol. The molecule has 0 spiro atoms. The van der Waals surface area contributed by atoms with Crippen LogP contribution in [0.15, 0.2) is 0 Å². The highest BCUT2D eigenvalue weighted by Crippen LogP contribution is 2.32. The molecule has 5 nitrogen and oxygen atoms in total. The van der Waals surface area contributed by atoms with Crippen LogP contribution in [0.25, 0.3) is 0 Å². The lowest BCUT2D eigenvalue weighted by molar-refractivity contribution is -0.125. The van der Waals surface area contributed by atoms with E-state index in [1.54, 1.807) is 7.05 Å². The molecule has 2 rings (SSSR count). The number of piperidine rings is 1. The molecular formula is C11H18N4OS. The zero-order chi connectivity index (χ0) is 12.4. The van der Waals surface area contributed by atoms with Crippen molar-refractivity contribution >= 4 is 28.3 Å². The number of carbonyl (C=O) groups is 1. The largest absolute Gasteiger partial charge is 0.383 e. The first-order valence-electron chi connectivity index (χ1n) is 5.81. The van der Waals surface area contributed by atoms with E-state index in [9.17, 15) is 4.79 Å². The fourth-order valence-corrected chi connectivity index (χ4v) is 3.04. The second-order valence-electron chi connectivity index (χ2n) is 4.37. The number of aromatic nitrogens is 1. The first kappa shape index (κ1) is 12.2. The summed E-state index contributed by atoms with van der Waals surface area (Å²) in [4.78, 5) is 13.8. The zero-order valence-corrected chi connectivity index (χ0v) is 11.0. The Kier molecular flexibility index (Phi) is 3.51. The first-order valence-corrected chi connectivity index (χ1v) is 6.59. The summed E-state index contributed by atoms with van der Waals surface area (Å²) in [6, 6.07) is 0. The van der Waals surface area contributed by atoms with Gasteiger partial charge in [-0.15, -0.1) is 0 Å². The fourth-order valence-electron chi connectivity index (χ4n) is 2.18. The van der Waals surface area contributed by atoms with Crippen LogP contribution in [-0.2, 0) is 4.79 Å². The molecule has 0 aromatic carbocycles. The number of nitrogen functional groups attached to an aromatic ring is 1. The number of carbonyl (C=O) groups excluding carboxylic acids is 1. The Labute approximate surface area is 105 Å². The number of nitrogens with zero attached hydrogens (tertiary/aromatic N) is 2. The second kappa shape index (κ2) is 4.91. The normalized spacial score (nSPS) is 17.2. The van der Waals surface area contributed by atoms with E-state index in [4.69, 9.17) is 5.73 Å². The summed E-state index contributed by atoms with van der Waals surface area (Å²) in [6.07, 6.45) is 1.80. The number of rotatable bonds is 2. The molecule has 1 aromatic rings. The molecular weight excluding hydrogens is 236 g/mol. The number of hydrogen-bond donors (Lipinski definition) is 2. The van der Waals surface area contributed by atoms with E-state index in [0.717, 1.165) is 36.5 Å². The van der Waals surface area contributed by atoms with Crippen LogP contribution in [0.3, 0.4) is 0 Å². The fraction of sp³-hybridized carbons (Fsp3) is 0.636. The van der Waals surface area contributed by atoms with Crippen LogP contribution >= 0.6 is 11.5 Å². The van der Waals surface area contributed by atoms with Crippen molar-refractivity contribution in [1.82, 2.24) is 9.69 Å². The van der Waals surface area contributed by atoms with Gasteiger partial charge < -0.3 is 16.0 Å². The van der Waals surface area contributed by atoms with E-state index in [-0.39, 0.29) is 11.8 Å². The highest BCUT2D eigenvalue weighted by Gasteiger charge is 2.26. The molecule has 2 heterocycles. The molecule has 94 valence electrons. The molecule has 0 saturated carbocycles. The molecule has 1 aromatic heterocycles. The Hall–Kier alpha value is -1.30. The number of nitrogens with two attached hydrogens (primary N) is 1. The van der Waals surface area contributed by atoms with Gasteiger partial charge in [-0.05, 0) is 31.3 Å². The van der Waals surface area contributed by atoms with Gasteiger partial charge in [0, 0.05) is 31.6 Å². The van der Waals surface area contributed by atoms with Crippen LogP contribution in [0.4, 0.5) is 10.8 Å². The van der Waals surface area contributed by atoms with Gasteiger partial charge in [0.15, 0.2) is 0 Å². The van der Waals surface area contributed by atoms with Crippen LogP contribution < -0.4 is 16.0 Å². The summed E-state index contributed by atoms with van der Waals surface area (Å²) in [5, 5.41) is 3.87. The van der Waals surface area contributed by atoms with E-state index >= 15 is 0 Å². The van der Waals surface area contributed by atoms with Gasteiger partial charge in [-0.3, -0.25) is 4.79 Å². The van der Waals surface area contributed by atoms with Crippen molar-refractivity contribution in [3.05, 3.63) is 5.56 Å². The third-order valence-electron chi connectivity index (χ3n) is 3.33. The molecule has 1 aliphatic rings. The molecule has 1 aliphatic heterocycles. The number of hydrogen-bond acceptors (Lipinski definition) is 5. The number of nitrogens with one attached hydrogen (secondary N) is 1. The van der Waals surface area contributed by atoms with Gasteiger partial charge in [0.05, 0.1) is 0 Å². The van der Waals surface area contributed by atoms with Gasteiger partial charge in [-0.25, -0.2) is 0 Å². The summed E-state index contributed by atoms with van der Waals surface area (Å²) >= 11 is 1.45. The van der Waals surface area contributed by atoms with Crippen molar-refractivity contribution in [3.8, 4) is 0 Å². The topological polar surface area (TPSA) is 71.2 Å². The minimum Gasteiger partial charge on any atom is -0.383 e. The molecule has 1 saturated heterocycles. The van der Waals surface area contributed by atoms with E-state index in [0.29, 0.717) is 5.82 Å². The van der Waals surface area contributed by atoms with Crippen LogP contribution in [0.1, 0.15) is 18.4 Å². The van der Waals surface area contributed by atoms with Crippen molar-refractivity contribution in [1.29, 1.82) is 0 Å². The highest BCUT2D eigenvalue weighted by molar-refractivity contribution is 7.10. The maximum Gasteiger partial charge on any atom is 0.222 e. The molecule has 1 fully saturated rings. The SMILES string of the molecule is CNC(=O)C1CCN(c2snc(N)c2C)CC1. The second-order valence-corrected chi connectivity index (χ2v) is 5.13. The predicted molar refractivity (Wildman–Crippen MR) is 70.3 cm³/mol. The van der Waals surface area contributed by atoms with E-state index in [1.165, 1.54) is 11.5 Å². The molecule has 0 atom stereocenters. The zero-order valence-electron chi connectivity index (χ0n) is 10.2. The first-order chi connectivity index (χ1) is 8.13. The van der Waals surface area contributed by atoms with E-state index < -0.39 is 0 Å². The lowest BCUT2D eigenvalue weighted by atomic mass is 9.96. The van der Waals surface area contributed by atoms with Crippen molar-refractivity contribution < 1.29 is 4.79 Å². The quantitative estimate of drug-likeness (QED) is 0.826. The standard InChI is InChI=1S/C11H18N4OS/c1-7-9(12)14-17-11(7)15-5-3-8(4-6-15)10(16)13-2/h8H,3-6H2,1-2H3,(H2,12,14)(H,13,16). The Balaban J connectivity index is 2.00. The van der Waals surface area contributed by atoms with E-state index in [2.05, 4.69) is 14.6 Å². The smallest absolute Gasteiger partial charge is 0.222 e. The Morgan fingerprint density at radius 1 is 1.53 bits per heavy atom. The Morgan fingerprint density at radius 2 is 2.18 bits per heavy atom. The van der Waals surface area contributed by atoms with Crippen molar-refractivity contribution in [3.63, 3.8) is 0 Å². The highest BCUT2D eigenvalue weighted by atomic mass is 32.1. The summed E-state index contributed by atoms with van der Waals surface area (Å²) in [7, 11) is 1.70. The molecule has 3 N–H and O–H groups in total. The van der Waals surface area contributed by atoms with Crippen LogP contribution in [-0.4, -0.2) is 30.4 Å². The molecule has 17 heavy (non-hydrogen) atoms. The van der Waals surface area contributed by atoms with Gasteiger partial charge in [-0.2, -0.15) is 4.37 Å². The lowest BCUT2D eigenvalue weighted by Crippen LogP contribution is -2.39. The molecule has 0 aliphatic carbocycles. The van der Waals surface area contributed by atoms with E-state index in [1.807, 2.05) is 6.92 Å². The van der Waals surface area contributed by atoms with Gasteiger partial charge >= 0.3 is 0 Å². The van der Waals surface area contributed by atoms with Gasteiger partial charge in [-0.1, -0.05) is 0 Å². The van der Waals surface area contributed by atoms with Crippen LogP contribution in [0.5, 0.6) is 0 Å². The van der Waals surface area contributed by atoms with Gasteiger partial charge in [0.25, 0.3) is 0 Å². The van der Waals surface area contributed by atoms with Crippen molar-refractivity contribution in [2.45, 2.75) is 19.8 Å². The maximum absolute atomic E-state index is 11.5. The van der Waals surface area contributed by atoms with Crippen molar-refractivity contribution in [2.24, 2.45) is 5.92 Å². The van der Waals surface area contributed by atoms with Crippen molar-refractivity contribution in [2.75, 3.05) is 30.8 Å². The maximum atomic E-state index is 11.5. The summed E-state index contributed by atoms with van der Waals surface area (Å²) in [6.45, 7) is 3.81. The number of anilines is 2. The predicted octanol–water partition coefficient (Wildman–Crippen LogP) is 0.996. The Bertz CT molecular complexity index is 410. The summed E-state index contributed by atoms with van der Waals surface area (Å²) in [5.74, 6) is 0.936.